The number of piperidine rings is 1. The third-order valence-electron chi connectivity index (χ3n) is 3.90. The maximum atomic E-state index is 13.1. The largest absolute Gasteiger partial charge is 0.326 e. The lowest BCUT2D eigenvalue weighted by molar-refractivity contribution is -0.117. The SMILES string of the molecule is CC(CC(=O)Nc1ccc(F)c(Br)c1)C1CCNCC1. The molecule has 1 heterocycles. The number of hydrogen-bond acceptors (Lipinski definition) is 2. The molecule has 2 N–H and O–H groups in total. The molecule has 1 fully saturated rings. The summed E-state index contributed by atoms with van der Waals surface area (Å²) < 4.78 is 13.5. The standard InChI is InChI=1S/C15H20BrFN2O/c1-10(11-4-6-18-7-5-11)8-15(20)19-12-2-3-14(17)13(16)9-12/h2-3,9-11,18H,4-8H2,1H3,(H,19,20). The van der Waals surface area contributed by atoms with Crippen molar-refractivity contribution in [2.45, 2.75) is 26.2 Å². The number of benzene rings is 1. The smallest absolute Gasteiger partial charge is 0.224 e. The van der Waals surface area contributed by atoms with E-state index >= 15 is 0 Å². The summed E-state index contributed by atoms with van der Waals surface area (Å²) in [6.07, 6.45) is 2.78. The zero-order chi connectivity index (χ0) is 14.5. The number of hydrogen-bond donors (Lipinski definition) is 2. The fraction of sp³-hybridized carbons (Fsp3) is 0.533. The molecule has 110 valence electrons. The molecule has 1 atom stereocenters. The Morgan fingerprint density at radius 2 is 2.20 bits per heavy atom. The molecular weight excluding hydrogens is 323 g/mol. The highest BCUT2D eigenvalue weighted by atomic mass is 79.9. The van der Waals surface area contributed by atoms with Crippen LogP contribution in [0.5, 0.6) is 0 Å². The summed E-state index contributed by atoms with van der Waals surface area (Å²) in [6.45, 7) is 4.22. The Bertz CT molecular complexity index is 475. The first kappa shape index (κ1) is 15.4. The van der Waals surface area contributed by atoms with Crippen molar-refractivity contribution in [1.29, 1.82) is 0 Å². The number of rotatable bonds is 4. The summed E-state index contributed by atoms with van der Waals surface area (Å²) in [5, 5.41) is 6.16. The minimum absolute atomic E-state index is 0.00505. The molecule has 0 radical (unpaired) electrons. The van der Waals surface area contributed by atoms with Gasteiger partial charge in [0.25, 0.3) is 0 Å². The highest BCUT2D eigenvalue weighted by molar-refractivity contribution is 9.10. The van der Waals surface area contributed by atoms with Crippen LogP contribution >= 0.6 is 15.9 Å². The number of carbonyl (C=O) groups is 1. The maximum Gasteiger partial charge on any atom is 0.224 e. The van der Waals surface area contributed by atoms with Crippen LogP contribution in [0.4, 0.5) is 10.1 Å². The van der Waals surface area contributed by atoms with Crippen LogP contribution in [-0.2, 0) is 4.79 Å². The van der Waals surface area contributed by atoms with Gasteiger partial charge in [-0.15, -0.1) is 0 Å². The minimum atomic E-state index is -0.328. The molecule has 1 saturated heterocycles. The topological polar surface area (TPSA) is 41.1 Å². The van der Waals surface area contributed by atoms with Crippen molar-refractivity contribution in [3.05, 3.63) is 28.5 Å². The Morgan fingerprint density at radius 1 is 1.50 bits per heavy atom. The first-order chi connectivity index (χ1) is 9.56. The van der Waals surface area contributed by atoms with Gasteiger partial charge in [0.05, 0.1) is 4.47 Å². The molecule has 0 saturated carbocycles. The second-order valence-electron chi connectivity index (χ2n) is 5.45. The molecule has 1 aliphatic heterocycles. The summed E-state index contributed by atoms with van der Waals surface area (Å²) in [7, 11) is 0. The number of carbonyl (C=O) groups excluding carboxylic acids is 1. The lowest BCUT2D eigenvalue weighted by Gasteiger charge is -2.27. The predicted molar refractivity (Wildman–Crippen MR) is 82.1 cm³/mol. The van der Waals surface area contributed by atoms with Crippen LogP contribution in [-0.4, -0.2) is 19.0 Å². The van der Waals surface area contributed by atoms with Gasteiger partial charge in [0.1, 0.15) is 5.82 Å². The molecule has 0 bridgehead atoms. The van der Waals surface area contributed by atoms with Crippen molar-refractivity contribution in [2.24, 2.45) is 11.8 Å². The van der Waals surface area contributed by atoms with E-state index in [0.717, 1.165) is 25.9 Å². The summed E-state index contributed by atoms with van der Waals surface area (Å²) in [5.41, 5.74) is 0.626. The Labute approximate surface area is 127 Å². The van der Waals surface area contributed by atoms with Gasteiger partial charge in [0.15, 0.2) is 0 Å². The normalized spacial score (nSPS) is 17.8. The molecule has 0 spiro atoms. The zero-order valence-corrected chi connectivity index (χ0v) is 13.2. The fourth-order valence-corrected chi connectivity index (χ4v) is 3.04. The van der Waals surface area contributed by atoms with E-state index < -0.39 is 0 Å². The molecule has 1 aliphatic rings. The summed E-state index contributed by atoms with van der Waals surface area (Å²) in [5.74, 6) is 0.656. The number of halogens is 2. The molecule has 0 aliphatic carbocycles. The Kier molecular flexibility index (Phi) is 5.54. The first-order valence-electron chi connectivity index (χ1n) is 7.02. The van der Waals surface area contributed by atoms with Crippen LogP contribution in [0.3, 0.4) is 0 Å². The Hall–Kier alpha value is -0.940. The van der Waals surface area contributed by atoms with Gasteiger partial charge < -0.3 is 10.6 Å². The third-order valence-corrected chi connectivity index (χ3v) is 4.51. The van der Waals surface area contributed by atoms with E-state index in [4.69, 9.17) is 0 Å². The number of anilines is 1. The Morgan fingerprint density at radius 3 is 2.85 bits per heavy atom. The predicted octanol–water partition coefficient (Wildman–Crippen LogP) is 3.55. The van der Waals surface area contributed by atoms with E-state index in [1.165, 1.54) is 6.07 Å². The van der Waals surface area contributed by atoms with Crippen molar-refractivity contribution in [1.82, 2.24) is 5.32 Å². The van der Waals surface area contributed by atoms with Gasteiger partial charge in [-0.05, 0) is 71.9 Å². The van der Waals surface area contributed by atoms with Crippen LogP contribution in [0, 0.1) is 17.7 Å². The Balaban J connectivity index is 1.86. The molecule has 2 rings (SSSR count). The van der Waals surface area contributed by atoms with Gasteiger partial charge >= 0.3 is 0 Å². The quantitative estimate of drug-likeness (QED) is 0.878. The average Bonchev–Trinajstić information content (AvgIpc) is 2.44. The molecule has 1 unspecified atom stereocenters. The summed E-state index contributed by atoms with van der Waals surface area (Å²) >= 11 is 3.12. The van der Waals surface area contributed by atoms with Crippen LogP contribution in [0.1, 0.15) is 26.2 Å². The number of nitrogens with one attached hydrogen (secondary N) is 2. The van der Waals surface area contributed by atoms with Crippen molar-refractivity contribution < 1.29 is 9.18 Å². The van der Waals surface area contributed by atoms with E-state index in [1.54, 1.807) is 12.1 Å². The lowest BCUT2D eigenvalue weighted by Crippen LogP contribution is -2.32. The van der Waals surface area contributed by atoms with Gasteiger partial charge in [-0.2, -0.15) is 0 Å². The van der Waals surface area contributed by atoms with Gasteiger partial charge in [-0.3, -0.25) is 4.79 Å². The van der Waals surface area contributed by atoms with Gasteiger partial charge in [0, 0.05) is 12.1 Å². The molecule has 5 heteroatoms. The van der Waals surface area contributed by atoms with Crippen molar-refractivity contribution in [3.63, 3.8) is 0 Å². The van der Waals surface area contributed by atoms with E-state index in [1.807, 2.05) is 0 Å². The molecule has 1 aromatic carbocycles. The van der Waals surface area contributed by atoms with Crippen molar-refractivity contribution in [3.8, 4) is 0 Å². The van der Waals surface area contributed by atoms with Crippen LogP contribution in [0.15, 0.2) is 22.7 Å². The summed E-state index contributed by atoms with van der Waals surface area (Å²) in [6, 6.07) is 4.51. The highest BCUT2D eigenvalue weighted by Gasteiger charge is 2.22. The van der Waals surface area contributed by atoms with Crippen LogP contribution in [0.2, 0.25) is 0 Å². The van der Waals surface area contributed by atoms with E-state index in [-0.39, 0.29) is 11.7 Å². The van der Waals surface area contributed by atoms with E-state index in [0.29, 0.717) is 28.4 Å². The second kappa shape index (κ2) is 7.18. The molecule has 1 amide bonds. The van der Waals surface area contributed by atoms with Crippen molar-refractivity contribution >= 4 is 27.5 Å². The minimum Gasteiger partial charge on any atom is -0.326 e. The molecule has 1 aromatic rings. The lowest BCUT2D eigenvalue weighted by atomic mass is 9.84. The third kappa shape index (κ3) is 4.28. The van der Waals surface area contributed by atoms with E-state index in [2.05, 4.69) is 33.5 Å². The van der Waals surface area contributed by atoms with Gasteiger partial charge in [-0.1, -0.05) is 6.92 Å². The van der Waals surface area contributed by atoms with E-state index in [9.17, 15) is 9.18 Å². The first-order valence-corrected chi connectivity index (χ1v) is 7.81. The molecule has 3 nitrogen and oxygen atoms in total. The number of amides is 1. The molecule has 20 heavy (non-hydrogen) atoms. The van der Waals surface area contributed by atoms with Crippen molar-refractivity contribution in [2.75, 3.05) is 18.4 Å². The summed E-state index contributed by atoms with van der Waals surface area (Å²) in [4.78, 5) is 12.0. The average molecular weight is 343 g/mol. The van der Waals surface area contributed by atoms with Gasteiger partial charge in [-0.25, -0.2) is 4.39 Å². The maximum absolute atomic E-state index is 13.1. The fourth-order valence-electron chi connectivity index (χ4n) is 2.66. The van der Waals surface area contributed by atoms with Gasteiger partial charge in [0.2, 0.25) is 5.91 Å². The second-order valence-corrected chi connectivity index (χ2v) is 6.30. The molecule has 0 aromatic heterocycles. The van der Waals surface area contributed by atoms with Crippen LogP contribution in [0.25, 0.3) is 0 Å². The monoisotopic (exact) mass is 342 g/mol. The van der Waals surface area contributed by atoms with Crippen LogP contribution < -0.4 is 10.6 Å². The molecular formula is C15H20BrFN2O. The zero-order valence-electron chi connectivity index (χ0n) is 11.6. The highest BCUT2D eigenvalue weighted by Crippen LogP contribution is 2.25.